The van der Waals surface area contributed by atoms with Crippen LogP contribution in [0.2, 0.25) is 0 Å². The van der Waals surface area contributed by atoms with Crippen molar-refractivity contribution in [3.8, 4) is 0 Å². The van der Waals surface area contributed by atoms with Crippen LogP contribution in [-0.2, 0) is 9.63 Å². The van der Waals surface area contributed by atoms with Gasteiger partial charge in [0, 0.05) is 6.20 Å². The van der Waals surface area contributed by atoms with E-state index in [0.29, 0.717) is 5.69 Å². The second kappa shape index (κ2) is 3.51. The summed E-state index contributed by atoms with van der Waals surface area (Å²) < 4.78 is 0. The summed E-state index contributed by atoms with van der Waals surface area (Å²) in [6.45, 7) is 0. The van der Waals surface area contributed by atoms with Crippen molar-refractivity contribution in [2.24, 2.45) is 5.16 Å². The molecule has 0 bridgehead atoms. The molecule has 1 rings (SSSR count). The minimum atomic E-state index is -1.17. The van der Waals surface area contributed by atoms with Gasteiger partial charge >= 0.3 is 5.97 Å². The van der Waals surface area contributed by atoms with Crippen molar-refractivity contribution in [3.63, 3.8) is 0 Å². The summed E-state index contributed by atoms with van der Waals surface area (Å²) in [7, 11) is 1.28. The second-order valence-corrected chi connectivity index (χ2v) is 1.90. The Balaban J connectivity index is 2.96. The van der Waals surface area contributed by atoms with Crippen molar-refractivity contribution in [1.29, 1.82) is 0 Å². The minimum absolute atomic E-state index is 0.199. The zero-order valence-electron chi connectivity index (χ0n) is 6.31. The van der Waals surface area contributed by atoms with Gasteiger partial charge in [-0.05, 0) is 6.07 Å². The number of rotatable bonds is 3. The van der Waals surface area contributed by atoms with E-state index in [9.17, 15) is 4.79 Å². The van der Waals surface area contributed by atoms with Crippen LogP contribution >= 0.6 is 0 Å². The molecule has 0 radical (unpaired) electrons. The van der Waals surface area contributed by atoms with Crippen LogP contribution in [0, 0.1) is 0 Å². The molecule has 0 aromatic carbocycles. The SMILES string of the molecule is CO/N=C(\C(=O)O)c1ccn[nH]1. The fourth-order valence-electron chi connectivity index (χ4n) is 0.682. The number of aromatic amines is 1. The van der Waals surface area contributed by atoms with Crippen LogP contribution in [0.5, 0.6) is 0 Å². The smallest absolute Gasteiger partial charge is 0.360 e. The number of aromatic nitrogens is 2. The van der Waals surface area contributed by atoms with Crippen LogP contribution in [0.15, 0.2) is 17.4 Å². The Morgan fingerprint density at radius 3 is 3.00 bits per heavy atom. The lowest BCUT2D eigenvalue weighted by Crippen LogP contribution is -2.15. The summed E-state index contributed by atoms with van der Waals surface area (Å²) in [6.07, 6.45) is 1.43. The highest BCUT2D eigenvalue weighted by Crippen LogP contribution is 1.96. The Hall–Kier alpha value is -1.85. The summed E-state index contributed by atoms with van der Waals surface area (Å²) in [4.78, 5) is 14.9. The largest absolute Gasteiger partial charge is 0.476 e. The molecule has 0 amide bonds. The average Bonchev–Trinajstić information content (AvgIpc) is 2.51. The molecule has 6 heteroatoms. The van der Waals surface area contributed by atoms with Crippen molar-refractivity contribution in [3.05, 3.63) is 18.0 Å². The van der Waals surface area contributed by atoms with E-state index in [1.165, 1.54) is 19.4 Å². The maximum Gasteiger partial charge on any atom is 0.360 e. The number of carboxylic acids is 1. The van der Waals surface area contributed by atoms with Crippen LogP contribution in [0.25, 0.3) is 0 Å². The lowest BCUT2D eigenvalue weighted by molar-refractivity contribution is -0.129. The van der Waals surface area contributed by atoms with Crippen LogP contribution in [-0.4, -0.2) is 34.1 Å². The third-order valence-electron chi connectivity index (χ3n) is 1.14. The van der Waals surface area contributed by atoms with E-state index in [-0.39, 0.29) is 5.71 Å². The van der Waals surface area contributed by atoms with E-state index < -0.39 is 5.97 Å². The number of carbonyl (C=O) groups is 1. The van der Waals surface area contributed by atoms with Crippen LogP contribution in [0.1, 0.15) is 5.69 Å². The molecule has 1 heterocycles. The zero-order chi connectivity index (χ0) is 8.97. The van der Waals surface area contributed by atoms with Gasteiger partial charge in [-0.15, -0.1) is 0 Å². The van der Waals surface area contributed by atoms with Gasteiger partial charge in [0.2, 0.25) is 5.71 Å². The number of nitrogens with zero attached hydrogens (tertiary/aromatic N) is 2. The summed E-state index contributed by atoms with van der Waals surface area (Å²) in [5.74, 6) is -1.17. The van der Waals surface area contributed by atoms with Crippen LogP contribution in [0.3, 0.4) is 0 Å². The van der Waals surface area contributed by atoms with Gasteiger partial charge < -0.3 is 9.94 Å². The van der Waals surface area contributed by atoms with Crippen LogP contribution < -0.4 is 0 Å². The fourth-order valence-corrected chi connectivity index (χ4v) is 0.682. The van der Waals surface area contributed by atoms with Gasteiger partial charge in [0.25, 0.3) is 0 Å². The Morgan fingerprint density at radius 2 is 2.58 bits per heavy atom. The molecule has 6 nitrogen and oxygen atoms in total. The quantitative estimate of drug-likeness (QED) is 0.486. The number of carboxylic acid groups (broad SMARTS) is 1. The monoisotopic (exact) mass is 169 g/mol. The molecule has 0 fully saturated rings. The van der Waals surface area contributed by atoms with Gasteiger partial charge in [-0.2, -0.15) is 5.10 Å². The number of hydrogen-bond acceptors (Lipinski definition) is 4. The fraction of sp³-hybridized carbons (Fsp3) is 0.167. The number of nitrogens with one attached hydrogen (secondary N) is 1. The molecular weight excluding hydrogens is 162 g/mol. The third-order valence-corrected chi connectivity index (χ3v) is 1.14. The lowest BCUT2D eigenvalue weighted by atomic mass is 10.3. The molecule has 0 aliphatic heterocycles. The van der Waals surface area contributed by atoms with Gasteiger partial charge in [0.1, 0.15) is 7.11 Å². The Kier molecular flexibility index (Phi) is 2.42. The van der Waals surface area contributed by atoms with Gasteiger partial charge in [-0.3, -0.25) is 5.10 Å². The van der Waals surface area contributed by atoms with Crippen molar-refractivity contribution in [2.45, 2.75) is 0 Å². The molecular formula is C6H7N3O3. The lowest BCUT2D eigenvalue weighted by Gasteiger charge is -1.94. The van der Waals surface area contributed by atoms with E-state index in [0.717, 1.165) is 0 Å². The van der Waals surface area contributed by atoms with E-state index in [1.807, 2.05) is 0 Å². The van der Waals surface area contributed by atoms with Gasteiger partial charge in [-0.25, -0.2) is 4.79 Å². The molecule has 1 aromatic heterocycles. The molecule has 0 atom stereocenters. The van der Waals surface area contributed by atoms with Crippen molar-refractivity contribution >= 4 is 11.7 Å². The van der Waals surface area contributed by atoms with Crippen molar-refractivity contribution < 1.29 is 14.7 Å². The summed E-state index contributed by atoms with van der Waals surface area (Å²) in [6, 6.07) is 1.49. The molecule has 12 heavy (non-hydrogen) atoms. The van der Waals surface area contributed by atoms with Crippen molar-refractivity contribution in [1.82, 2.24) is 10.2 Å². The predicted octanol–water partition coefficient (Wildman–Crippen LogP) is -0.155. The predicted molar refractivity (Wildman–Crippen MR) is 39.8 cm³/mol. The molecule has 1 aromatic rings. The molecule has 0 unspecified atom stereocenters. The third kappa shape index (κ3) is 1.60. The van der Waals surface area contributed by atoms with Gasteiger partial charge in [0.05, 0.1) is 5.69 Å². The summed E-state index contributed by atoms with van der Waals surface area (Å²) >= 11 is 0. The molecule has 0 spiro atoms. The number of hydrogen-bond donors (Lipinski definition) is 2. The summed E-state index contributed by atoms with van der Waals surface area (Å²) in [5.41, 5.74) is 0.111. The van der Waals surface area contributed by atoms with E-state index in [1.54, 1.807) is 0 Å². The van der Waals surface area contributed by atoms with Gasteiger partial charge in [0.15, 0.2) is 0 Å². The Bertz CT molecular complexity index is 291. The first-order valence-electron chi connectivity index (χ1n) is 3.10. The van der Waals surface area contributed by atoms with E-state index >= 15 is 0 Å². The van der Waals surface area contributed by atoms with Crippen LogP contribution in [0.4, 0.5) is 0 Å². The maximum atomic E-state index is 10.5. The zero-order valence-corrected chi connectivity index (χ0v) is 6.31. The first kappa shape index (κ1) is 8.25. The standard InChI is InChI=1S/C6H7N3O3/c1-12-9-5(6(10)11)4-2-3-7-8-4/h2-3H,1H3,(H,7,8)(H,10,11)/b9-5-. The minimum Gasteiger partial charge on any atom is -0.476 e. The van der Waals surface area contributed by atoms with Gasteiger partial charge in [-0.1, -0.05) is 5.16 Å². The first-order chi connectivity index (χ1) is 5.75. The Morgan fingerprint density at radius 1 is 1.83 bits per heavy atom. The number of aliphatic carboxylic acids is 1. The van der Waals surface area contributed by atoms with E-state index in [4.69, 9.17) is 5.11 Å². The molecule has 0 aliphatic rings. The molecule has 0 saturated heterocycles. The topological polar surface area (TPSA) is 87.6 Å². The highest BCUT2D eigenvalue weighted by Gasteiger charge is 2.14. The highest BCUT2D eigenvalue weighted by molar-refractivity contribution is 6.41. The van der Waals surface area contributed by atoms with E-state index in [2.05, 4.69) is 20.2 Å². The molecule has 0 aliphatic carbocycles. The second-order valence-electron chi connectivity index (χ2n) is 1.90. The first-order valence-corrected chi connectivity index (χ1v) is 3.10. The number of oxime groups is 1. The van der Waals surface area contributed by atoms with Crippen molar-refractivity contribution in [2.75, 3.05) is 7.11 Å². The molecule has 64 valence electrons. The average molecular weight is 169 g/mol. The molecule has 0 saturated carbocycles. The number of H-pyrrole nitrogens is 1. The highest BCUT2D eigenvalue weighted by atomic mass is 16.6. The normalized spacial score (nSPS) is 11.2. The maximum absolute atomic E-state index is 10.5. The Labute approximate surface area is 67.8 Å². The summed E-state index contributed by atoms with van der Waals surface area (Å²) in [5, 5.41) is 18.0. The molecule has 2 N–H and O–H groups in total.